The molecule has 3 amide bonds. The van der Waals surface area contributed by atoms with Gasteiger partial charge in [0.25, 0.3) is 17.7 Å². The molecule has 0 aliphatic heterocycles. The van der Waals surface area contributed by atoms with Gasteiger partial charge in [-0.1, -0.05) is 18.2 Å². The van der Waals surface area contributed by atoms with Crippen LogP contribution in [-0.2, 0) is 4.79 Å². The lowest BCUT2D eigenvalue weighted by Gasteiger charge is -2.09. The van der Waals surface area contributed by atoms with Crippen LogP contribution in [0.4, 0.5) is 5.69 Å². The number of anilines is 1. The number of benzene rings is 2. The molecule has 0 atom stereocenters. The van der Waals surface area contributed by atoms with Crippen LogP contribution in [0.25, 0.3) is 6.08 Å². The van der Waals surface area contributed by atoms with E-state index in [0.717, 1.165) is 5.56 Å². The fourth-order valence-electron chi connectivity index (χ4n) is 2.51. The standard InChI is InChI=1S/C22H19N3O4/c1-15-5-2-3-7-19(15)22(28)23-17-10-8-16(9-11-17)21(27)25-24-20(26)13-12-18-6-4-14-29-18/h2-14H,1H3,(H,23,28)(H,24,26)(H,25,27)/b13-12+. The molecule has 0 fully saturated rings. The normalized spacial score (nSPS) is 10.5. The molecule has 0 aliphatic rings. The quantitative estimate of drug-likeness (QED) is 0.460. The maximum atomic E-state index is 12.3. The van der Waals surface area contributed by atoms with Gasteiger partial charge < -0.3 is 9.73 Å². The highest BCUT2D eigenvalue weighted by atomic mass is 16.3. The Morgan fingerprint density at radius 2 is 1.62 bits per heavy atom. The predicted octanol–water partition coefficient (Wildman–Crippen LogP) is 3.31. The minimum atomic E-state index is -0.503. The summed E-state index contributed by atoms with van der Waals surface area (Å²) in [5.74, 6) is -0.691. The molecule has 7 nitrogen and oxygen atoms in total. The molecular weight excluding hydrogens is 370 g/mol. The average Bonchev–Trinajstić information content (AvgIpc) is 3.25. The molecule has 0 unspecified atom stereocenters. The van der Waals surface area contributed by atoms with Crippen molar-refractivity contribution in [1.29, 1.82) is 0 Å². The lowest BCUT2D eigenvalue weighted by atomic mass is 10.1. The summed E-state index contributed by atoms with van der Waals surface area (Å²) in [5.41, 5.74) is 6.94. The third kappa shape index (κ3) is 5.43. The largest absolute Gasteiger partial charge is 0.465 e. The third-order valence-corrected chi connectivity index (χ3v) is 4.04. The molecule has 1 heterocycles. The number of hydrazine groups is 1. The van der Waals surface area contributed by atoms with Crippen LogP contribution >= 0.6 is 0 Å². The molecule has 3 aromatic rings. The number of aryl methyl sites for hydroxylation is 1. The van der Waals surface area contributed by atoms with E-state index in [1.165, 1.54) is 18.4 Å². The van der Waals surface area contributed by atoms with Crippen LogP contribution in [0.1, 0.15) is 32.0 Å². The van der Waals surface area contributed by atoms with Crippen LogP contribution in [0.15, 0.2) is 77.4 Å². The molecule has 2 aromatic carbocycles. The zero-order chi connectivity index (χ0) is 20.6. The van der Waals surface area contributed by atoms with Crippen LogP contribution in [0.2, 0.25) is 0 Å². The number of hydrogen-bond acceptors (Lipinski definition) is 4. The summed E-state index contributed by atoms with van der Waals surface area (Å²) in [5, 5.41) is 2.79. The molecule has 0 saturated carbocycles. The maximum absolute atomic E-state index is 12.3. The third-order valence-electron chi connectivity index (χ3n) is 4.04. The Labute approximate surface area is 167 Å². The summed E-state index contributed by atoms with van der Waals surface area (Å²) in [6, 6.07) is 17.0. The number of nitrogens with one attached hydrogen (secondary N) is 3. The van der Waals surface area contributed by atoms with Crippen molar-refractivity contribution in [2.75, 3.05) is 5.32 Å². The van der Waals surface area contributed by atoms with Crippen molar-refractivity contribution in [2.24, 2.45) is 0 Å². The molecule has 146 valence electrons. The summed E-state index contributed by atoms with van der Waals surface area (Å²) in [6.07, 6.45) is 4.21. The van der Waals surface area contributed by atoms with Gasteiger partial charge in [0, 0.05) is 22.9 Å². The van der Waals surface area contributed by atoms with Gasteiger partial charge >= 0.3 is 0 Å². The molecule has 0 bridgehead atoms. The lowest BCUT2D eigenvalue weighted by molar-refractivity contribution is -0.117. The van der Waals surface area contributed by atoms with Gasteiger partial charge in [0.05, 0.1) is 6.26 Å². The van der Waals surface area contributed by atoms with E-state index in [1.54, 1.807) is 48.5 Å². The van der Waals surface area contributed by atoms with Crippen LogP contribution in [0, 0.1) is 6.92 Å². The van der Waals surface area contributed by atoms with E-state index in [1.807, 2.05) is 19.1 Å². The Morgan fingerprint density at radius 1 is 0.862 bits per heavy atom. The Bertz CT molecular complexity index is 1040. The molecule has 0 radical (unpaired) electrons. The van der Waals surface area contributed by atoms with Gasteiger partial charge in [0.15, 0.2) is 0 Å². The minimum Gasteiger partial charge on any atom is -0.465 e. The smallest absolute Gasteiger partial charge is 0.269 e. The van der Waals surface area contributed by atoms with Crippen LogP contribution in [-0.4, -0.2) is 17.7 Å². The van der Waals surface area contributed by atoms with Crippen LogP contribution in [0.5, 0.6) is 0 Å². The summed E-state index contributed by atoms with van der Waals surface area (Å²) in [4.78, 5) is 36.2. The minimum absolute atomic E-state index is 0.226. The van der Waals surface area contributed by atoms with Crippen molar-refractivity contribution in [3.05, 3.63) is 95.5 Å². The van der Waals surface area contributed by atoms with Gasteiger partial charge in [-0.25, -0.2) is 0 Å². The number of amides is 3. The number of hydrogen-bond donors (Lipinski definition) is 3. The summed E-state index contributed by atoms with van der Waals surface area (Å²) in [6.45, 7) is 1.86. The zero-order valence-corrected chi connectivity index (χ0v) is 15.6. The van der Waals surface area contributed by atoms with Crippen molar-refractivity contribution < 1.29 is 18.8 Å². The molecular formula is C22H19N3O4. The van der Waals surface area contributed by atoms with Gasteiger partial charge in [-0.3, -0.25) is 25.2 Å². The topological polar surface area (TPSA) is 100 Å². The van der Waals surface area contributed by atoms with Crippen molar-refractivity contribution in [3.63, 3.8) is 0 Å². The van der Waals surface area contributed by atoms with Crippen molar-refractivity contribution >= 4 is 29.5 Å². The molecule has 0 aliphatic carbocycles. The molecule has 0 spiro atoms. The first kappa shape index (κ1) is 19.6. The Balaban J connectivity index is 1.52. The molecule has 29 heavy (non-hydrogen) atoms. The first-order valence-corrected chi connectivity index (χ1v) is 8.82. The van der Waals surface area contributed by atoms with Gasteiger partial charge in [0.1, 0.15) is 5.76 Å². The van der Waals surface area contributed by atoms with Crippen molar-refractivity contribution in [3.8, 4) is 0 Å². The van der Waals surface area contributed by atoms with E-state index in [9.17, 15) is 14.4 Å². The first-order chi connectivity index (χ1) is 14.0. The first-order valence-electron chi connectivity index (χ1n) is 8.82. The Hall–Kier alpha value is -4.13. The molecule has 1 aromatic heterocycles. The highest BCUT2D eigenvalue weighted by Crippen LogP contribution is 2.13. The fourth-order valence-corrected chi connectivity index (χ4v) is 2.51. The number of carbonyl (C=O) groups is 3. The second-order valence-electron chi connectivity index (χ2n) is 6.14. The van der Waals surface area contributed by atoms with E-state index >= 15 is 0 Å². The summed E-state index contributed by atoms with van der Waals surface area (Å²) >= 11 is 0. The number of rotatable bonds is 5. The predicted molar refractivity (Wildman–Crippen MR) is 109 cm³/mol. The molecule has 3 N–H and O–H groups in total. The average molecular weight is 389 g/mol. The highest BCUT2D eigenvalue weighted by molar-refractivity contribution is 6.05. The van der Waals surface area contributed by atoms with Crippen molar-refractivity contribution in [2.45, 2.75) is 6.92 Å². The van der Waals surface area contributed by atoms with E-state index in [4.69, 9.17) is 4.42 Å². The van der Waals surface area contributed by atoms with Gasteiger partial charge in [0.2, 0.25) is 0 Å². The van der Waals surface area contributed by atoms with Gasteiger partial charge in [-0.15, -0.1) is 0 Å². The fraction of sp³-hybridized carbons (Fsp3) is 0.0455. The van der Waals surface area contributed by atoms with Crippen LogP contribution < -0.4 is 16.2 Å². The highest BCUT2D eigenvalue weighted by Gasteiger charge is 2.10. The Morgan fingerprint density at radius 3 is 2.31 bits per heavy atom. The monoisotopic (exact) mass is 389 g/mol. The molecule has 3 rings (SSSR count). The van der Waals surface area contributed by atoms with E-state index < -0.39 is 11.8 Å². The second-order valence-corrected chi connectivity index (χ2v) is 6.14. The summed E-state index contributed by atoms with van der Waals surface area (Å²) < 4.78 is 5.07. The van der Waals surface area contributed by atoms with Crippen LogP contribution in [0.3, 0.4) is 0 Å². The number of carbonyl (C=O) groups excluding carboxylic acids is 3. The van der Waals surface area contributed by atoms with Gasteiger partial charge in [-0.05, 0) is 61.0 Å². The second kappa shape index (κ2) is 9.18. The van der Waals surface area contributed by atoms with Crippen molar-refractivity contribution in [1.82, 2.24) is 10.9 Å². The summed E-state index contributed by atoms with van der Waals surface area (Å²) in [7, 11) is 0. The zero-order valence-electron chi connectivity index (χ0n) is 15.6. The maximum Gasteiger partial charge on any atom is 0.269 e. The van der Waals surface area contributed by atoms with E-state index in [0.29, 0.717) is 22.6 Å². The Kier molecular flexibility index (Phi) is 6.22. The van der Waals surface area contributed by atoms with Gasteiger partial charge in [-0.2, -0.15) is 0 Å². The lowest BCUT2D eigenvalue weighted by Crippen LogP contribution is -2.40. The van der Waals surface area contributed by atoms with E-state index in [2.05, 4.69) is 16.2 Å². The molecule has 0 saturated heterocycles. The molecule has 7 heteroatoms. The SMILES string of the molecule is Cc1ccccc1C(=O)Nc1ccc(C(=O)NNC(=O)/C=C/c2ccco2)cc1. The number of furan rings is 1. The van der Waals surface area contributed by atoms with E-state index in [-0.39, 0.29) is 5.91 Å².